The van der Waals surface area contributed by atoms with Crippen molar-refractivity contribution in [3.05, 3.63) is 34.9 Å². The van der Waals surface area contributed by atoms with Gasteiger partial charge in [-0.25, -0.2) is 0 Å². The van der Waals surface area contributed by atoms with Crippen LogP contribution in [0.25, 0.3) is 0 Å². The molecule has 0 saturated carbocycles. The summed E-state index contributed by atoms with van der Waals surface area (Å²) in [5, 5.41) is 9.47. The van der Waals surface area contributed by atoms with Crippen LogP contribution in [0.3, 0.4) is 0 Å². The van der Waals surface area contributed by atoms with Gasteiger partial charge in [0.1, 0.15) is 0 Å². The zero-order valence-electron chi connectivity index (χ0n) is 10.8. The van der Waals surface area contributed by atoms with Gasteiger partial charge in [0, 0.05) is 0 Å². The predicted octanol–water partition coefficient (Wildman–Crippen LogP) is 3.03. The van der Waals surface area contributed by atoms with E-state index in [9.17, 15) is 14.7 Å². The zero-order chi connectivity index (χ0) is 13.3. The third-order valence-corrected chi connectivity index (χ3v) is 3.84. The van der Waals surface area contributed by atoms with Gasteiger partial charge in [-0.1, -0.05) is 38.0 Å². The quantitative estimate of drug-likeness (QED) is 0.579. The van der Waals surface area contributed by atoms with E-state index in [0.29, 0.717) is 11.1 Å². The second-order valence-corrected chi connectivity index (χ2v) is 4.94. The number of ketones is 1. The Labute approximate surface area is 107 Å². The molecule has 0 saturated heterocycles. The second-order valence-electron chi connectivity index (χ2n) is 4.94. The number of aliphatic carboxylic acids is 1. The highest BCUT2D eigenvalue weighted by Crippen LogP contribution is 2.51. The van der Waals surface area contributed by atoms with E-state index in [0.717, 1.165) is 31.3 Å². The lowest BCUT2D eigenvalue weighted by atomic mass is 9.77. The van der Waals surface area contributed by atoms with Crippen molar-refractivity contribution in [2.75, 3.05) is 0 Å². The molecule has 2 rings (SSSR count). The maximum Gasteiger partial charge on any atom is 0.326 e. The summed E-state index contributed by atoms with van der Waals surface area (Å²) >= 11 is 0. The number of rotatable bonds is 6. The molecular weight excluding hydrogens is 228 g/mol. The molecule has 3 heteroatoms. The van der Waals surface area contributed by atoms with Crippen LogP contribution in [0.15, 0.2) is 34.9 Å². The number of carboxylic acid groups (broad SMARTS) is 1. The highest BCUT2D eigenvalue weighted by atomic mass is 16.4. The van der Waals surface area contributed by atoms with Gasteiger partial charge in [0.15, 0.2) is 11.2 Å². The molecule has 0 spiro atoms. The summed E-state index contributed by atoms with van der Waals surface area (Å²) in [6, 6.07) is 0. The van der Waals surface area contributed by atoms with E-state index in [1.807, 2.05) is 6.08 Å². The lowest BCUT2D eigenvalue weighted by Crippen LogP contribution is -2.37. The van der Waals surface area contributed by atoms with E-state index < -0.39 is 11.4 Å². The number of unbranched alkanes of at least 4 members (excludes halogenated alkanes) is 2. The number of hydrogen-bond donors (Lipinski definition) is 1. The third kappa shape index (κ3) is 1.57. The van der Waals surface area contributed by atoms with Crippen LogP contribution in [-0.4, -0.2) is 16.9 Å². The molecule has 2 bridgehead atoms. The number of fused-ring (bicyclic) bond motifs is 2. The number of hydrogen-bond acceptors (Lipinski definition) is 2. The van der Waals surface area contributed by atoms with E-state index in [1.54, 1.807) is 12.2 Å². The van der Waals surface area contributed by atoms with Gasteiger partial charge in [0.25, 0.3) is 0 Å². The first-order valence-corrected chi connectivity index (χ1v) is 6.43. The summed E-state index contributed by atoms with van der Waals surface area (Å²) in [4.78, 5) is 23.4. The van der Waals surface area contributed by atoms with Gasteiger partial charge in [-0.15, -0.1) is 0 Å². The normalized spacial score (nSPS) is 24.7. The predicted molar refractivity (Wildman–Crippen MR) is 69.1 cm³/mol. The third-order valence-electron chi connectivity index (χ3n) is 3.84. The van der Waals surface area contributed by atoms with Gasteiger partial charge >= 0.3 is 5.97 Å². The molecule has 0 heterocycles. The molecule has 0 amide bonds. The average Bonchev–Trinajstić information content (AvgIpc) is 2.82. The Hall–Kier alpha value is -1.64. The van der Waals surface area contributed by atoms with Crippen LogP contribution >= 0.6 is 0 Å². The van der Waals surface area contributed by atoms with Gasteiger partial charge < -0.3 is 5.11 Å². The Kier molecular flexibility index (Phi) is 3.24. The molecule has 1 atom stereocenters. The molecular formula is C15H18O3. The van der Waals surface area contributed by atoms with Crippen molar-refractivity contribution in [3.8, 4) is 0 Å². The van der Waals surface area contributed by atoms with Crippen LogP contribution < -0.4 is 0 Å². The molecule has 1 N–H and O–H groups in total. The van der Waals surface area contributed by atoms with E-state index in [-0.39, 0.29) is 5.78 Å². The zero-order valence-corrected chi connectivity index (χ0v) is 10.8. The summed E-state index contributed by atoms with van der Waals surface area (Å²) in [5.74, 6) is -1.35. The molecule has 0 aliphatic heterocycles. The Morgan fingerprint density at radius 2 is 2.00 bits per heavy atom. The first-order valence-electron chi connectivity index (χ1n) is 6.43. The van der Waals surface area contributed by atoms with Crippen LogP contribution in [0.4, 0.5) is 0 Å². The van der Waals surface area contributed by atoms with Crippen molar-refractivity contribution < 1.29 is 14.7 Å². The Morgan fingerprint density at radius 3 is 2.50 bits per heavy atom. The van der Waals surface area contributed by atoms with Crippen LogP contribution in [0.1, 0.15) is 39.5 Å². The van der Waals surface area contributed by atoms with Gasteiger partial charge in [-0.2, -0.15) is 0 Å². The average molecular weight is 246 g/mol. The molecule has 0 aromatic heterocycles. The number of Topliss-reactive ketones (excluding diaryl/α,β-unsaturated/α-hetero) is 1. The lowest BCUT2D eigenvalue weighted by Gasteiger charge is -2.21. The van der Waals surface area contributed by atoms with Crippen molar-refractivity contribution in [3.63, 3.8) is 0 Å². The Morgan fingerprint density at radius 1 is 1.28 bits per heavy atom. The first kappa shape index (κ1) is 12.8. The summed E-state index contributed by atoms with van der Waals surface area (Å²) < 4.78 is 0. The van der Waals surface area contributed by atoms with E-state index in [4.69, 9.17) is 0 Å². The van der Waals surface area contributed by atoms with E-state index >= 15 is 0 Å². The van der Waals surface area contributed by atoms with Gasteiger partial charge in [0.2, 0.25) is 0 Å². The summed E-state index contributed by atoms with van der Waals surface area (Å²) in [5.41, 5.74) is 0.942. The SMILES string of the molecule is CCCCCC1=C2C=CC(=C1)C2(C(C)=O)C(=O)O. The Balaban J connectivity index is 2.35. The first-order chi connectivity index (χ1) is 8.55. The fourth-order valence-electron chi connectivity index (χ4n) is 2.90. The molecule has 0 aromatic carbocycles. The van der Waals surface area contributed by atoms with E-state index in [1.165, 1.54) is 6.92 Å². The highest BCUT2D eigenvalue weighted by Gasteiger charge is 2.54. The highest BCUT2D eigenvalue weighted by molar-refractivity contribution is 6.12. The maximum absolute atomic E-state index is 11.8. The molecule has 2 aliphatic rings. The molecule has 3 nitrogen and oxygen atoms in total. The van der Waals surface area contributed by atoms with Crippen LogP contribution in [0.2, 0.25) is 0 Å². The number of carbonyl (C=O) groups excluding carboxylic acids is 1. The smallest absolute Gasteiger partial charge is 0.326 e. The van der Waals surface area contributed by atoms with Crippen molar-refractivity contribution in [2.45, 2.75) is 39.5 Å². The summed E-state index contributed by atoms with van der Waals surface area (Å²) in [6.45, 7) is 3.50. The van der Waals surface area contributed by atoms with E-state index in [2.05, 4.69) is 6.92 Å². The monoisotopic (exact) mass is 246 g/mol. The molecule has 0 radical (unpaired) electrons. The van der Waals surface area contributed by atoms with Crippen molar-refractivity contribution >= 4 is 11.8 Å². The fourth-order valence-corrected chi connectivity index (χ4v) is 2.90. The van der Waals surface area contributed by atoms with Gasteiger partial charge in [0.05, 0.1) is 0 Å². The Bertz CT molecular complexity index is 478. The number of carbonyl (C=O) groups is 2. The minimum absolute atomic E-state index is 0.299. The number of carboxylic acids is 1. The fraction of sp³-hybridized carbons (Fsp3) is 0.467. The summed E-state index contributed by atoms with van der Waals surface area (Å²) in [7, 11) is 0. The largest absolute Gasteiger partial charge is 0.480 e. The number of allylic oxidation sites excluding steroid dienone is 4. The van der Waals surface area contributed by atoms with Crippen molar-refractivity contribution in [2.24, 2.45) is 5.41 Å². The lowest BCUT2D eigenvalue weighted by molar-refractivity contribution is -0.148. The molecule has 2 aliphatic carbocycles. The van der Waals surface area contributed by atoms with Crippen molar-refractivity contribution in [1.82, 2.24) is 0 Å². The van der Waals surface area contributed by atoms with Crippen molar-refractivity contribution in [1.29, 1.82) is 0 Å². The van der Waals surface area contributed by atoms with Crippen LogP contribution in [-0.2, 0) is 9.59 Å². The minimum Gasteiger partial charge on any atom is -0.480 e. The molecule has 18 heavy (non-hydrogen) atoms. The van der Waals surface area contributed by atoms with Crippen LogP contribution in [0.5, 0.6) is 0 Å². The molecule has 1 unspecified atom stereocenters. The topological polar surface area (TPSA) is 54.4 Å². The molecule has 96 valence electrons. The standard InChI is InChI=1S/C15H18O3/c1-3-4-5-6-11-9-12-7-8-13(11)15(12,10(2)16)14(17)18/h7-9H,3-6H2,1-2H3,(H,17,18). The molecule has 0 aromatic rings. The summed E-state index contributed by atoms with van der Waals surface area (Å²) in [6.07, 6.45) is 9.61. The minimum atomic E-state index is -1.40. The maximum atomic E-state index is 11.8. The van der Waals surface area contributed by atoms with Gasteiger partial charge in [-0.05, 0) is 36.5 Å². The second kappa shape index (κ2) is 4.56. The molecule has 0 fully saturated rings. The van der Waals surface area contributed by atoms with Gasteiger partial charge in [-0.3, -0.25) is 9.59 Å². The van der Waals surface area contributed by atoms with Crippen LogP contribution in [0, 0.1) is 5.41 Å².